The molecule has 0 bridgehead atoms. The highest BCUT2D eigenvalue weighted by molar-refractivity contribution is 5.51. The van der Waals surface area contributed by atoms with E-state index in [-0.39, 0.29) is 12.4 Å². The zero-order chi connectivity index (χ0) is 13.0. The summed E-state index contributed by atoms with van der Waals surface area (Å²) in [6.45, 7) is 3.95. The number of nitrogens with zero attached hydrogens (tertiary/aromatic N) is 3. The Morgan fingerprint density at radius 2 is 2.00 bits per heavy atom. The van der Waals surface area contributed by atoms with E-state index in [1.54, 1.807) is 12.1 Å². The van der Waals surface area contributed by atoms with Crippen LogP contribution in [0.2, 0.25) is 0 Å². The van der Waals surface area contributed by atoms with Crippen LogP contribution in [0.1, 0.15) is 5.56 Å². The number of piperazine rings is 1. The lowest BCUT2D eigenvalue weighted by Crippen LogP contribution is -2.47. The normalized spacial score (nSPS) is 16.6. The van der Waals surface area contributed by atoms with Gasteiger partial charge in [0.2, 0.25) is 0 Å². The molecule has 4 nitrogen and oxygen atoms in total. The average Bonchev–Trinajstić information content (AvgIpc) is 2.40. The minimum absolute atomic E-state index is 0.158. The van der Waals surface area contributed by atoms with Crippen molar-refractivity contribution in [2.24, 2.45) is 0 Å². The number of rotatable bonds is 3. The van der Waals surface area contributed by atoms with Crippen molar-refractivity contribution in [2.45, 2.75) is 0 Å². The standard InChI is InChI=1S/C13H16FN3O/c14-12-9-11(10-15)1-2-13(12)17-5-3-16(4-6-17)7-8-18/h1-2,9,18H,3-8H2. The molecule has 0 amide bonds. The summed E-state index contributed by atoms with van der Waals surface area (Å²) in [5.74, 6) is -0.343. The van der Waals surface area contributed by atoms with Gasteiger partial charge in [-0.2, -0.15) is 5.26 Å². The summed E-state index contributed by atoms with van der Waals surface area (Å²) in [6, 6.07) is 6.50. The van der Waals surface area contributed by atoms with Crippen LogP contribution in [0.4, 0.5) is 10.1 Å². The molecule has 1 aromatic rings. The van der Waals surface area contributed by atoms with Gasteiger partial charge in [0.15, 0.2) is 0 Å². The smallest absolute Gasteiger partial charge is 0.147 e. The lowest BCUT2D eigenvalue weighted by atomic mass is 10.2. The highest BCUT2D eigenvalue weighted by Gasteiger charge is 2.19. The minimum atomic E-state index is -0.343. The fourth-order valence-corrected chi connectivity index (χ4v) is 2.19. The number of nitriles is 1. The van der Waals surface area contributed by atoms with E-state index in [1.165, 1.54) is 6.07 Å². The van der Waals surface area contributed by atoms with Crippen LogP contribution in [0.3, 0.4) is 0 Å². The van der Waals surface area contributed by atoms with Gasteiger partial charge in [-0.25, -0.2) is 4.39 Å². The predicted molar refractivity (Wildman–Crippen MR) is 66.9 cm³/mol. The van der Waals surface area contributed by atoms with Crippen molar-refractivity contribution in [2.75, 3.05) is 44.2 Å². The van der Waals surface area contributed by atoms with E-state index >= 15 is 0 Å². The van der Waals surface area contributed by atoms with E-state index in [4.69, 9.17) is 10.4 Å². The summed E-state index contributed by atoms with van der Waals surface area (Å²) in [7, 11) is 0. The van der Waals surface area contributed by atoms with Gasteiger partial charge in [-0.1, -0.05) is 0 Å². The molecule has 0 aromatic heterocycles. The first-order chi connectivity index (χ1) is 8.74. The Morgan fingerprint density at radius 1 is 1.28 bits per heavy atom. The van der Waals surface area contributed by atoms with Crippen LogP contribution < -0.4 is 4.90 Å². The van der Waals surface area contributed by atoms with Crippen LogP contribution >= 0.6 is 0 Å². The maximum atomic E-state index is 13.8. The maximum absolute atomic E-state index is 13.8. The van der Waals surface area contributed by atoms with Gasteiger partial charge in [0.05, 0.1) is 23.9 Å². The molecule has 18 heavy (non-hydrogen) atoms. The molecule has 2 rings (SSSR count). The van der Waals surface area contributed by atoms with Crippen LogP contribution in [0.15, 0.2) is 18.2 Å². The Balaban J connectivity index is 2.04. The molecule has 0 saturated carbocycles. The van der Waals surface area contributed by atoms with Gasteiger partial charge in [-0.3, -0.25) is 4.90 Å². The predicted octanol–water partition coefficient (Wildman–Crippen LogP) is 0.812. The first-order valence-corrected chi connectivity index (χ1v) is 6.02. The number of anilines is 1. The van der Waals surface area contributed by atoms with Gasteiger partial charge in [0.25, 0.3) is 0 Å². The average molecular weight is 249 g/mol. The Hall–Kier alpha value is -1.64. The molecular formula is C13H16FN3O. The maximum Gasteiger partial charge on any atom is 0.147 e. The first-order valence-electron chi connectivity index (χ1n) is 6.02. The van der Waals surface area contributed by atoms with Gasteiger partial charge in [-0.05, 0) is 18.2 Å². The zero-order valence-electron chi connectivity index (χ0n) is 10.1. The van der Waals surface area contributed by atoms with Crippen molar-refractivity contribution in [3.8, 4) is 6.07 Å². The van der Waals surface area contributed by atoms with Crippen LogP contribution in [-0.2, 0) is 0 Å². The third kappa shape index (κ3) is 2.78. The summed E-state index contributed by atoms with van der Waals surface area (Å²) >= 11 is 0. The second-order valence-electron chi connectivity index (χ2n) is 4.33. The summed E-state index contributed by atoms with van der Waals surface area (Å²) in [6.07, 6.45) is 0. The highest BCUT2D eigenvalue weighted by atomic mass is 19.1. The Kier molecular flexibility index (Phi) is 4.13. The highest BCUT2D eigenvalue weighted by Crippen LogP contribution is 2.21. The first kappa shape index (κ1) is 12.8. The Labute approximate surface area is 106 Å². The molecule has 0 unspecified atom stereocenters. The summed E-state index contributed by atoms with van der Waals surface area (Å²) in [4.78, 5) is 4.13. The topological polar surface area (TPSA) is 50.5 Å². The number of aliphatic hydroxyl groups excluding tert-OH is 1. The van der Waals surface area contributed by atoms with Crippen LogP contribution in [0.5, 0.6) is 0 Å². The quantitative estimate of drug-likeness (QED) is 0.861. The van der Waals surface area contributed by atoms with Crippen molar-refractivity contribution in [3.05, 3.63) is 29.6 Å². The number of β-amino-alcohol motifs (C(OH)–C–C–N with tert-alkyl or cyclic N) is 1. The second-order valence-corrected chi connectivity index (χ2v) is 4.33. The molecular weight excluding hydrogens is 233 g/mol. The van der Waals surface area contributed by atoms with E-state index in [0.717, 1.165) is 26.2 Å². The molecule has 1 heterocycles. The van der Waals surface area contributed by atoms with Crippen LogP contribution in [0.25, 0.3) is 0 Å². The lowest BCUT2D eigenvalue weighted by Gasteiger charge is -2.35. The fourth-order valence-electron chi connectivity index (χ4n) is 2.19. The van der Waals surface area contributed by atoms with E-state index in [0.29, 0.717) is 17.8 Å². The summed E-state index contributed by atoms with van der Waals surface area (Å²) < 4.78 is 13.8. The van der Waals surface area contributed by atoms with Crippen molar-refractivity contribution in [3.63, 3.8) is 0 Å². The van der Waals surface area contributed by atoms with E-state index in [2.05, 4.69) is 4.90 Å². The van der Waals surface area contributed by atoms with E-state index in [1.807, 2.05) is 11.0 Å². The number of halogens is 1. The number of benzene rings is 1. The molecule has 1 aliphatic rings. The third-order valence-electron chi connectivity index (χ3n) is 3.21. The monoisotopic (exact) mass is 249 g/mol. The van der Waals surface area contributed by atoms with Gasteiger partial charge < -0.3 is 10.0 Å². The fraction of sp³-hybridized carbons (Fsp3) is 0.462. The molecule has 1 saturated heterocycles. The Morgan fingerprint density at radius 3 is 2.56 bits per heavy atom. The lowest BCUT2D eigenvalue weighted by molar-refractivity contribution is 0.188. The molecule has 0 atom stereocenters. The van der Waals surface area contributed by atoms with Crippen molar-refractivity contribution >= 4 is 5.69 Å². The molecule has 1 aliphatic heterocycles. The van der Waals surface area contributed by atoms with Crippen molar-refractivity contribution < 1.29 is 9.50 Å². The van der Waals surface area contributed by atoms with Gasteiger partial charge >= 0.3 is 0 Å². The number of hydrogen-bond donors (Lipinski definition) is 1. The molecule has 0 spiro atoms. The number of hydrogen-bond acceptors (Lipinski definition) is 4. The molecule has 5 heteroatoms. The van der Waals surface area contributed by atoms with Gasteiger partial charge in [0.1, 0.15) is 5.82 Å². The molecule has 96 valence electrons. The SMILES string of the molecule is N#Cc1ccc(N2CCN(CCO)CC2)c(F)c1. The van der Waals surface area contributed by atoms with Crippen LogP contribution in [-0.4, -0.2) is 49.3 Å². The van der Waals surface area contributed by atoms with E-state index in [9.17, 15) is 4.39 Å². The summed E-state index contributed by atoms with van der Waals surface area (Å²) in [5.41, 5.74) is 0.896. The van der Waals surface area contributed by atoms with Gasteiger partial charge in [0, 0.05) is 32.7 Å². The van der Waals surface area contributed by atoms with Gasteiger partial charge in [-0.15, -0.1) is 0 Å². The third-order valence-corrected chi connectivity index (χ3v) is 3.21. The molecule has 0 aliphatic carbocycles. The molecule has 0 radical (unpaired) electrons. The minimum Gasteiger partial charge on any atom is -0.395 e. The Bertz CT molecular complexity index is 450. The molecule has 1 aromatic carbocycles. The second kappa shape index (κ2) is 5.80. The number of aliphatic hydroxyl groups is 1. The van der Waals surface area contributed by atoms with Crippen molar-refractivity contribution in [1.29, 1.82) is 5.26 Å². The summed E-state index contributed by atoms with van der Waals surface area (Å²) in [5, 5.41) is 17.6. The molecule has 1 fully saturated rings. The largest absolute Gasteiger partial charge is 0.395 e. The van der Waals surface area contributed by atoms with Crippen molar-refractivity contribution in [1.82, 2.24) is 4.90 Å². The zero-order valence-corrected chi connectivity index (χ0v) is 10.1. The molecule has 1 N–H and O–H groups in total. The van der Waals surface area contributed by atoms with E-state index < -0.39 is 0 Å². The van der Waals surface area contributed by atoms with Crippen LogP contribution in [0, 0.1) is 17.1 Å².